The number of nitrogens with zero attached hydrogens (tertiary/aromatic N) is 1. The fourth-order valence-electron chi connectivity index (χ4n) is 3.32. The van der Waals surface area contributed by atoms with E-state index in [4.69, 9.17) is 4.74 Å². The minimum atomic E-state index is -0.00153. The molecule has 0 spiro atoms. The lowest BCUT2D eigenvalue weighted by molar-refractivity contribution is -0.131. The molecule has 1 heterocycles. The van der Waals surface area contributed by atoms with E-state index in [0.29, 0.717) is 32.7 Å². The van der Waals surface area contributed by atoms with E-state index in [-0.39, 0.29) is 24.3 Å². The van der Waals surface area contributed by atoms with Crippen molar-refractivity contribution in [2.75, 3.05) is 32.9 Å². The van der Waals surface area contributed by atoms with Crippen molar-refractivity contribution < 1.29 is 14.6 Å². The summed E-state index contributed by atoms with van der Waals surface area (Å²) in [6, 6.07) is 20.3. The monoisotopic (exact) mass is 339 g/mol. The molecule has 1 atom stereocenters. The second kappa shape index (κ2) is 8.79. The molecule has 2 aromatic rings. The molecule has 3 rings (SSSR count). The molecule has 1 aliphatic rings. The average Bonchev–Trinajstić information content (AvgIpc) is 2.93. The van der Waals surface area contributed by atoms with Crippen LogP contribution < -0.4 is 0 Å². The Morgan fingerprint density at radius 1 is 1.08 bits per heavy atom. The van der Waals surface area contributed by atoms with Gasteiger partial charge in [-0.15, -0.1) is 0 Å². The van der Waals surface area contributed by atoms with Gasteiger partial charge in [0.05, 0.1) is 13.2 Å². The SMILES string of the molecule is O=C(CC(c1ccccc1)c1ccccc1)N1CCOC[C@@H](CO)C1. The standard InChI is InChI=1S/C21H25NO3/c23-15-17-14-22(11-12-25-16-17)21(24)13-20(18-7-3-1-4-8-18)19-9-5-2-6-10-19/h1-10,17,20,23H,11-16H2/t17-/m1/s1. The molecule has 4 nitrogen and oxygen atoms in total. The number of rotatable bonds is 5. The Morgan fingerprint density at radius 2 is 1.68 bits per heavy atom. The second-order valence-electron chi connectivity index (χ2n) is 6.54. The molecule has 2 aromatic carbocycles. The molecule has 1 aliphatic heterocycles. The van der Waals surface area contributed by atoms with E-state index < -0.39 is 0 Å². The molecule has 0 aromatic heterocycles. The fourth-order valence-corrected chi connectivity index (χ4v) is 3.32. The van der Waals surface area contributed by atoms with E-state index >= 15 is 0 Å². The Bertz CT molecular complexity index is 620. The molecule has 1 saturated heterocycles. The highest BCUT2D eigenvalue weighted by atomic mass is 16.5. The van der Waals surface area contributed by atoms with Gasteiger partial charge in [0.2, 0.25) is 5.91 Å². The van der Waals surface area contributed by atoms with Crippen LogP contribution in [0, 0.1) is 5.92 Å². The van der Waals surface area contributed by atoms with Crippen molar-refractivity contribution >= 4 is 5.91 Å². The molecule has 0 bridgehead atoms. The van der Waals surface area contributed by atoms with E-state index in [2.05, 4.69) is 24.3 Å². The predicted octanol–water partition coefficient (Wildman–Crippen LogP) is 2.68. The molecule has 1 N–H and O–H groups in total. The van der Waals surface area contributed by atoms with E-state index in [1.165, 1.54) is 0 Å². The highest BCUT2D eigenvalue weighted by Crippen LogP contribution is 2.28. The van der Waals surface area contributed by atoms with Crippen molar-refractivity contribution in [2.45, 2.75) is 12.3 Å². The highest BCUT2D eigenvalue weighted by molar-refractivity contribution is 5.78. The topological polar surface area (TPSA) is 49.8 Å². The number of hydrogen-bond donors (Lipinski definition) is 1. The lowest BCUT2D eigenvalue weighted by Gasteiger charge is -2.26. The third-order valence-electron chi connectivity index (χ3n) is 4.73. The first-order valence-electron chi connectivity index (χ1n) is 8.84. The van der Waals surface area contributed by atoms with Gasteiger partial charge in [0, 0.05) is 38.0 Å². The summed E-state index contributed by atoms with van der Waals surface area (Å²) in [6.45, 7) is 2.24. The predicted molar refractivity (Wildman–Crippen MR) is 97.3 cm³/mol. The van der Waals surface area contributed by atoms with Crippen molar-refractivity contribution in [2.24, 2.45) is 5.92 Å². The average molecular weight is 339 g/mol. The van der Waals surface area contributed by atoms with Gasteiger partial charge in [0.25, 0.3) is 0 Å². The van der Waals surface area contributed by atoms with Crippen LogP contribution in [0.25, 0.3) is 0 Å². The maximum atomic E-state index is 13.0. The van der Waals surface area contributed by atoms with Gasteiger partial charge in [-0.05, 0) is 11.1 Å². The summed E-state index contributed by atoms with van der Waals surface area (Å²) >= 11 is 0. The lowest BCUT2D eigenvalue weighted by Crippen LogP contribution is -2.37. The van der Waals surface area contributed by atoms with Crippen LogP contribution in [0.4, 0.5) is 0 Å². The zero-order valence-electron chi connectivity index (χ0n) is 14.4. The zero-order chi connectivity index (χ0) is 17.5. The van der Waals surface area contributed by atoms with Gasteiger partial charge in [-0.25, -0.2) is 0 Å². The van der Waals surface area contributed by atoms with Crippen molar-refractivity contribution in [3.05, 3.63) is 71.8 Å². The van der Waals surface area contributed by atoms with Crippen LogP contribution in [-0.2, 0) is 9.53 Å². The molecule has 0 radical (unpaired) electrons. The van der Waals surface area contributed by atoms with Crippen LogP contribution in [0.1, 0.15) is 23.5 Å². The van der Waals surface area contributed by atoms with Gasteiger partial charge < -0.3 is 14.7 Å². The maximum absolute atomic E-state index is 13.0. The quantitative estimate of drug-likeness (QED) is 0.911. The fraction of sp³-hybridized carbons (Fsp3) is 0.381. The van der Waals surface area contributed by atoms with Gasteiger partial charge in [-0.2, -0.15) is 0 Å². The number of hydrogen-bond acceptors (Lipinski definition) is 3. The molecular weight excluding hydrogens is 314 g/mol. The number of aliphatic hydroxyl groups is 1. The number of carbonyl (C=O) groups is 1. The zero-order valence-corrected chi connectivity index (χ0v) is 14.4. The number of amides is 1. The van der Waals surface area contributed by atoms with Gasteiger partial charge in [-0.3, -0.25) is 4.79 Å². The molecular formula is C21H25NO3. The van der Waals surface area contributed by atoms with Crippen molar-refractivity contribution in [3.8, 4) is 0 Å². The number of ether oxygens (including phenoxy) is 1. The Morgan fingerprint density at radius 3 is 2.24 bits per heavy atom. The van der Waals surface area contributed by atoms with Crippen LogP contribution in [0.3, 0.4) is 0 Å². The summed E-state index contributed by atoms with van der Waals surface area (Å²) in [5.41, 5.74) is 2.29. The molecule has 1 amide bonds. The highest BCUT2D eigenvalue weighted by Gasteiger charge is 2.25. The first-order chi connectivity index (χ1) is 12.3. The molecule has 0 aliphatic carbocycles. The number of aliphatic hydroxyl groups excluding tert-OH is 1. The van der Waals surface area contributed by atoms with Crippen LogP contribution >= 0.6 is 0 Å². The molecule has 4 heteroatoms. The van der Waals surface area contributed by atoms with Crippen molar-refractivity contribution in [1.29, 1.82) is 0 Å². The second-order valence-corrected chi connectivity index (χ2v) is 6.54. The van der Waals surface area contributed by atoms with Crippen LogP contribution in [-0.4, -0.2) is 48.8 Å². The van der Waals surface area contributed by atoms with Crippen LogP contribution in [0.5, 0.6) is 0 Å². The number of benzene rings is 2. The summed E-state index contributed by atoms with van der Waals surface area (Å²) in [7, 11) is 0. The van der Waals surface area contributed by atoms with E-state index in [1.807, 2.05) is 41.3 Å². The summed E-state index contributed by atoms with van der Waals surface area (Å²) < 4.78 is 5.50. The summed E-state index contributed by atoms with van der Waals surface area (Å²) in [5.74, 6) is 0.145. The Labute approximate surface area is 149 Å². The minimum Gasteiger partial charge on any atom is -0.396 e. The summed E-state index contributed by atoms with van der Waals surface area (Å²) in [6.07, 6.45) is 0.423. The summed E-state index contributed by atoms with van der Waals surface area (Å²) in [4.78, 5) is 14.8. The molecule has 132 valence electrons. The van der Waals surface area contributed by atoms with Gasteiger partial charge in [0.15, 0.2) is 0 Å². The summed E-state index contributed by atoms with van der Waals surface area (Å²) in [5, 5.41) is 9.44. The normalized spacial score (nSPS) is 18.2. The van der Waals surface area contributed by atoms with Gasteiger partial charge in [-0.1, -0.05) is 60.7 Å². The molecule has 1 fully saturated rings. The van der Waals surface area contributed by atoms with Crippen molar-refractivity contribution in [1.82, 2.24) is 4.90 Å². The Kier molecular flexibility index (Phi) is 6.20. The van der Waals surface area contributed by atoms with Crippen LogP contribution in [0.15, 0.2) is 60.7 Å². The van der Waals surface area contributed by atoms with E-state index in [0.717, 1.165) is 11.1 Å². The first kappa shape index (κ1) is 17.6. The van der Waals surface area contributed by atoms with Gasteiger partial charge in [0.1, 0.15) is 0 Å². The molecule has 25 heavy (non-hydrogen) atoms. The van der Waals surface area contributed by atoms with E-state index in [1.54, 1.807) is 0 Å². The Hall–Kier alpha value is -2.17. The lowest BCUT2D eigenvalue weighted by atomic mass is 9.88. The Balaban J connectivity index is 1.79. The first-order valence-corrected chi connectivity index (χ1v) is 8.84. The van der Waals surface area contributed by atoms with E-state index in [9.17, 15) is 9.90 Å². The molecule has 0 unspecified atom stereocenters. The minimum absolute atomic E-state index is 0.00153. The third kappa shape index (κ3) is 4.68. The largest absolute Gasteiger partial charge is 0.396 e. The number of carbonyl (C=O) groups excluding carboxylic acids is 1. The van der Waals surface area contributed by atoms with Gasteiger partial charge >= 0.3 is 0 Å². The van der Waals surface area contributed by atoms with Crippen LogP contribution in [0.2, 0.25) is 0 Å². The third-order valence-corrected chi connectivity index (χ3v) is 4.73. The maximum Gasteiger partial charge on any atom is 0.223 e. The van der Waals surface area contributed by atoms with Crippen molar-refractivity contribution in [3.63, 3.8) is 0 Å². The smallest absolute Gasteiger partial charge is 0.223 e. The molecule has 0 saturated carbocycles.